The Kier molecular flexibility index (Phi) is 3.90. The smallest absolute Gasteiger partial charge is 0.0991 e. The van der Waals surface area contributed by atoms with E-state index in [-0.39, 0.29) is 0 Å². The fourth-order valence-corrected chi connectivity index (χ4v) is 2.35. The van der Waals surface area contributed by atoms with Crippen LogP contribution in [0.3, 0.4) is 0 Å². The van der Waals surface area contributed by atoms with Crippen LogP contribution in [0.2, 0.25) is 0 Å². The molecule has 2 aromatic carbocycles. The minimum atomic E-state index is 0.693. The normalized spacial score (nSPS) is 10.4. The molecule has 3 rings (SSSR count). The first-order valence-electron chi connectivity index (χ1n) is 6.89. The average Bonchev–Trinajstić information content (AvgIpc) is 2.56. The molecule has 0 aliphatic heterocycles. The number of aromatic nitrogens is 1. The number of fused-ring (bicyclic) bond motifs is 1. The summed E-state index contributed by atoms with van der Waals surface area (Å²) in [6.45, 7) is 1.57. The second-order valence-corrected chi connectivity index (χ2v) is 4.90. The Hall–Kier alpha value is -2.70. The minimum Gasteiger partial charge on any atom is -0.309 e. The molecular weight excluding hydrogens is 258 g/mol. The van der Waals surface area contributed by atoms with Crippen molar-refractivity contribution in [2.45, 2.75) is 13.1 Å². The third-order valence-electron chi connectivity index (χ3n) is 3.47. The summed E-state index contributed by atoms with van der Waals surface area (Å²) >= 11 is 0. The second kappa shape index (κ2) is 6.17. The van der Waals surface area contributed by atoms with Gasteiger partial charge in [-0.2, -0.15) is 5.26 Å². The lowest BCUT2D eigenvalue weighted by Gasteiger charge is -2.08. The molecule has 3 aromatic rings. The SMILES string of the molecule is N#Cc1ccc(CNCc2ccnc3ccccc23)cc1. The summed E-state index contributed by atoms with van der Waals surface area (Å²) in [6.07, 6.45) is 1.85. The van der Waals surface area contributed by atoms with Gasteiger partial charge in [-0.25, -0.2) is 0 Å². The first kappa shape index (κ1) is 13.3. The first-order chi connectivity index (χ1) is 10.4. The summed E-state index contributed by atoms with van der Waals surface area (Å²) in [4.78, 5) is 4.37. The molecule has 0 bridgehead atoms. The summed E-state index contributed by atoms with van der Waals surface area (Å²) in [6, 6.07) is 20.0. The summed E-state index contributed by atoms with van der Waals surface area (Å²) in [5.74, 6) is 0. The van der Waals surface area contributed by atoms with Gasteiger partial charge >= 0.3 is 0 Å². The van der Waals surface area contributed by atoms with E-state index in [9.17, 15) is 0 Å². The molecule has 102 valence electrons. The van der Waals surface area contributed by atoms with Gasteiger partial charge in [-0.3, -0.25) is 4.98 Å². The van der Waals surface area contributed by atoms with Gasteiger partial charge in [0, 0.05) is 24.7 Å². The molecule has 0 aliphatic carbocycles. The Morgan fingerprint density at radius 3 is 2.57 bits per heavy atom. The van der Waals surface area contributed by atoms with Crippen molar-refractivity contribution in [3.05, 3.63) is 77.5 Å². The van der Waals surface area contributed by atoms with E-state index in [0.29, 0.717) is 5.56 Å². The summed E-state index contributed by atoms with van der Waals surface area (Å²) < 4.78 is 0. The van der Waals surface area contributed by atoms with Gasteiger partial charge in [-0.15, -0.1) is 0 Å². The van der Waals surface area contributed by atoms with Crippen LogP contribution in [0.5, 0.6) is 0 Å². The maximum absolute atomic E-state index is 8.78. The van der Waals surface area contributed by atoms with Gasteiger partial charge < -0.3 is 5.32 Å². The molecule has 0 unspecified atom stereocenters. The number of hydrogen-bond acceptors (Lipinski definition) is 3. The molecule has 21 heavy (non-hydrogen) atoms. The van der Waals surface area contributed by atoms with Crippen molar-refractivity contribution < 1.29 is 0 Å². The van der Waals surface area contributed by atoms with Crippen LogP contribution in [0, 0.1) is 11.3 Å². The Morgan fingerprint density at radius 1 is 0.952 bits per heavy atom. The quantitative estimate of drug-likeness (QED) is 0.792. The van der Waals surface area contributed by atoms with Gasteiger partial charge in [0.1, 0.15) is 0 Å². The fourth-order valence-electron chi connectivity index (χ4n) is 2.35. The van der Waals surface area contributed by atoms with Gasteiger partial charge in [0.05, 0.1) is 17.1 Å². The monoisotopic (exact) mass is 273 g/mol. The molecule has 0 aliphatic rings. The van der Waals surface area contributed by atoms with Crippen LogP contribution in [0.1, 0.15) is 16.7 Å². The lowest BCUT2D eigenvalue weighted by atomic mass is 10.1. The van der Waals surface area contributed by atoms with Crippen LogP contribution in [0.25, 0.3) is 10.9 Å². The number of hydrogen-bond donors (Lipinski definition) is 1. The molecule has 0 saturated carbocycles. The Bertz CT molecular complexity index is 780. The molecule has 1 heterocycles. The van der Waals surface area contributed by atoms with Gasteiger partial charge in [-0.1, -0.05) is 30.3 Å². The molecule has 0 spiro atoms. The number of nitrogens with zero attached hydrogens (tertiary/aromatic N) is 2. The Morgan fingerprint density at radius 2 is 1.76 bits per heavy atom. The van der Waals surface area contributed by atoms with Crippen LogP contribution >= 0.6 is 0 Å². The third kappa shape index (κ3) is 3.07. The molecule has 3 nitrogen and oxygen atoms in total. The van der Waals surface area contributed by atoms with Crippen molar-refractivity contribution in [1.82, 2.24) is 10.3 Å². The Labute approximate surface area is 123 Å². The topological polar surface area (TPSA) is 48.7 Å². The minimum absolute atomic E-state index is 0.693. The standard InChI is InChI=1S/C18H15N3/c19-11-14-5-7-15(8-6-14)12-20-13-16-9-10-21-18-4-2-1-3-17(16)18/h1-10,20H,12-13H2. The van der Waals surface area contributed by atoms with Crippen molar-refractivity contribution in [3.8, 4) is 6.07 Å². The number of pyridine rings is 1. The zero-order chi connectivity index (χ0) is 14.5. The number of benzene rings is 2. The number of para-hydroxylation sites is 1. The predicted molar refractivity (Wildman–Crippen MR) is 83.4 cm³/mol. The molecule has 0 radical (unpaired) electrons. The van der Waals surface area contributed by atoms with Crippen LogP contribution in [-0.2, 0) is 13.1 Å². The fraction of sp³-hybridized carbons (Fsp3) is 0.111. The highest BCUT2D eigenvalue weighted by atomic mass is 14.8. The predicted octanol–water partition coefficient (Wildman–Crippen LogP) is 3.40. The van der Waals surface area contributed by atoms with Gasteiger partial charge in [-0.05, 0) is 35.4 Å². The average molecular weight is 273 g/mol. The van der Waals surface area contributed by atoms with Crippen molar-refractivity contribution in [1.29, 1.82) is 5.26 Å². The van der Waals surface area contributed by atoms with E-state index in [4.69, 9.17) is 5.26 Å². The maximum Gasteiger partial charge on any atom is 0.0991 e. The van der Waals surface area contributed by atoms with Crippen molar-refractivity contribution in [2.75, 3.05) is 0 Å². The number of nitriles is 1. The van der Waals surface area contributed by atoms with Crippen molar-refractivity contribution >= 4 is 10.9 Å². The zero-order valence-corrected chi connectivity index (χ0v) is 11.6. The van der Waals surface area contributed by atoms with E-state index < -0.39 is 0 Å². The molecule has 1 aromatic heterocycles. The van der Waals surface area contributed by atoms with E-state index in [1.807, 2.05) is 54.7 Å². The van der Waals surface area contributed by atoms with Crippen molar-refractivity contribution in [2.24, 2.45) is 0 Å². The van der Waals surface area contributed by atoms with Crippen molar-refractivity contribution in [3.63, 3.8) is 0 Å². The maximum atomic E-state index is 8.78. The van der Waals surface area contributed by atoms with Crippen LogP contribution < -0.4 is 5.32 Å². The van der Waals surface area contributed by atoms with E-state index in [1.165, 1.54) is 16.5 Å². The summed E-state index contributed by atoms with van der Waals surface area (Å²) in [5.41, 5.74) is 4.13. The molecule has 0 fully saturated rings. The highest BCUT2D eigenvalue weighted by molar-refractivity contribution is 5.81. The summed E-state index contributed by atoms with van der Waals surface area (Å²) in [7, 11) is 0. The largest absolute Gasteiger partial charge is 0.309 e. The van der Waals surface area contributed by atoms with E-state index in [0.717, 1.165) is 18.6 Å². The third-order valence-corrected chi connectivity index (χ3v) is 3.47. The second-order valence-electron chi connectivity index (χ2n) is 4.90. The Balaban J connectivity index is 1.68. The zero-order valence-electron chi connectivity index (χ0n) is 11.6. The lowest BCUT2D eigenvalue weighted by molar-refractivity contribution is 0.696. The number of rotatable bonds is 4. The highest BCUT2D eigenvalue weighted by Gasteiger charge is 2.01. The summed E-state index contributed by atoms with van der Waals surface area (Å²) in [5, 5.41) is 13.4. The lowest BCUT2D eigenvalue weighted by Crippen LogP contribution is -2.13. The number of nitrogens with one attached hydrogen (secondary N) is 1. The first-order valence-corrected chi connectivity index (χ1v) is 6.89. The molecule has 0 saturated heterocycles. The van der Waals surface area contributed by atoms with Crippen LogP contribution in [0.15, 0.2) is 60.8 Å². The molecule has 0 atom stereocenters. The van der Waals surface area contributed by atoms with Crippen LogP contribution in [0.4, 0.5) is 0 Å². The molecule has 3 heteroatoms. The highest BCUT2D eigenvalue weighted by Crippen LogP contribution is 2.16. The van der Waals surface area contributed by atoms with E-state index in [1.54, 1.807) is 0 Å². The van der Waals surface area contributed by atoms with E-state index in [2.05, 4.69) is 22.4 Å². The van der Waals surface area contributed by atoms with Gasteiger partial charge in [0.2, 0.25) is 0 Å². The van der Waals surface area contributed by atoms with E-state index >= 15 is 0 Å². The molecule has 1 N–H and O–H groups in total. The van der Waals surface area contributed by atoms with Crippen LogP contribution in [-0.4, -0.2) is 4.98 Å². The van der Waals surface area contributed by atoms with Gasteiger partial charge in [0.15, 0.2) is 0 Å². The van der Waals surface area contributed by atoms with Gasteiger partial charge in [0.25, 0.3) is 0 Å². The molecule has 0 amide bonds. The molecular formula is C18H15N3.